The number of anilines is 1. The van der Waals surface area contributed by atoms with Crippen LogP contribution in [0.3, 0.4) is 0 Å². The number of aromatic nitrogens is 1. The molecule has 0 aliphatic heterocycles. The van der Waals surface area contributed by atoms with Gasteiger partial charge in [-0.2, -0.15) is 11.8 Å². The first-order chi connectivity index (χ1) is 4.84. The fourth-order valence-electron chi connectivity index (χ4n) is 0.714. The lowest BCUT2D eigenvalue weighted by Crippen LogP contribution is -1.92. The SMILES string of the molecule is CSCc1cnccc1N. The van der Waals surface area contributed by atoms with E-state index >= 15 is 0 Å². The maximum Gasteiger partial charge on any atom is 0.0386 e. The summed E-state index contributed by atoms with van der Waals surface area (Å²) in [6, 6.07) is 1.82. The van der Waals surface area contributed by atoms with Crippen LogP contribution in [0.4, 0.5) is 5.69 Å². The van der Waals surface area contributed by atoms with E-state index in [1.165, 1.54) is 0 Å². The molecule has 0 aromatic carbocycles. The van der Waals surface area contributed by atoms with Crippen LogP contribution in [0.25, 0.3) is 0 Å². The van der Waals surface area contributed by atoms with E-state index in [9.17, 15) is 0 Å². The minimum absolute atomic E-state index is 0.837. The van der Waals surface area contributed by atoms with Crippen LogP contribution in [-0.4, -0.2) is 11.2 Å². The van der Waals surface area contributed by atoms with Crippen molar-refractivity contribution < 1.29 is 0 Å². The molecule has 0 unspecified atom stereocenters. The van der Waals surface area contributed by atoms with Crippen molar-refractivity contribution in [1.29, 1.82) is 0 Å². The van der Waals surface area contributed by atoms with Crippen molar-refractivity contribution in [3.8, 4) is 0 Å². The molecule has 3 heteroatoms. The molecule has 2 N–H and O–H groups in total. The van der Waals surface area contributed by atoms with Crippen molar-refractivity contribution in [2.24, 2.45) is 0 Å². The van der Waals surface area contributed by atoms with Crippen LogP contribution in [0, 0.1) is 0 Å². The lowest BCUT2D eigenvalue weighted by molar-refractivity contribution is 1.26. The summed E-state index contributed by atoms with van der Waals surface area (Å²) in [5, 5.41) is 0. The molecule has 54 valence electrons. The summed E-state index contributed by atoms with van der Waals surface area (Å²) in [4.78, 5) is 3.97. The van der Waals surface area contributed by atoms with E-state index < -0.39 is 0 Å². The number of rotatable bonds is 2. The molecular formula is C7H10N2S. The predicted molar refractivity (Wildman–Crippen MR) is 45.9 cm³/mol. The second-order valence-corrected chi connectivity index (χ2v) is 2.87. The summed E-state index contributed by atoms with van der Waals surface area (Å²) in [7, 11) is 0. The predicted octanol–water partition coefficient (Wildman–Crippen LogP) is 1.53. The highest BCUT2D eigenvalue weighted by Gasteiger charge is 1.94. The van der Waals surface area contributed by atoms with Crippen LogP contribution in [0.5, 0.6) is 0 Å². The average molecular weight is 154 g/mol. The number of hydrogen-bond donors (Lipinski definition) is 1. The number of thioether (sulfide) groups is 1. The Morgan fingerprint density at radius 2 is 2.50 bits per heavy atom. The number of nitrogens with two attached hydrogens (primary N) is 1. The van der Waals surface area contributed by atoms with Gasteiger partial charge in [-0.1, -0.05) is 0 Å². The molecule has 0 saturated heterocycles. The van der Waals surface area contributed by atoms with E-state index in [4.69, 9.17) is 5.73 Å². The maximum absolute atomic E-state index is 5.65. The Morgan fingerprint density at radius 3 is 3.10 bits per heavy atom. The first-order valence-corrected chi connectivity index (χ1v) is 4.41. The minimum atomic E-state index is 0.837. The summed E-state index contributed by atoms with van der Waals surface area (Å²) in [5.41, 5.74) is 7.61. The molecule has 0 spiro atoms. The molecule has 10 heavy (non-hydrogen) atoms. The Hall–Kier alpha value is -0.700. The second kappa shape index (κ2) is 3.46. The number of nitrogens with zero attached hydrogens (tertiary/aromatic N) is 1. The van der Waals surface area contributed by atoms with Crippen molar-refractivity contribution >= 4 is 17.4 Å². The van der Waals surface area contributed by atoms with Gasteiger partial charge in [-0.25, -0.2) is 0 Å². The molecular weight excluding hydrogens is 144 g/mol. The molecule has 0 bridgehead atoms. The first kappa shape index (κ1) is 7.41. The van der Waals surface area contributed by atoms with Gasteiger partial charge in [0.2, 0.25) is 0 Å². The fourth-order valence-corrected chi connectivity index (χ4v) is 1.27. The van der Waals surface area contributed by atoms with Gasteiger partial charge >= 0.3 is 0 Å². The number of nitrogen functional groups attached to an aromatic ring is 1. The van der Waals surface area contributed by atoms with Crippen LogP contribution in [-0.2, 0) is 5.75 Å². The summed E-state index contributed by atoms with van der Waals surface area (Å²) < 4.78 is 0. The highest BCUT2D eigenvalue weighted by atomic mass is 32.2. The van der Waals surface area contributed by atoms with Crippen LogP contribution in [0.1, 0.15) is 5.56 Å². The molecule has 2 nitrogen and oxygen atoms in total. The van der Waals surface area contributed by atoms with Crippen LogP contribution in [0.15, 0.2) is 18.5 Å². The van der Waals surface area contributed by atoms with Crippen LogP contribution >= 0.6 is 11.8 Å². The smallest absolute Gasteiger partial charge is 0.0386 e. The highest BCUT2D eigenvalue weighted by Crippen LogP contribution is 2.14. The van der Waals surface area contributed by atoms with E-state index in [1.807, 2.05) is 18.5 Å². The van der Waals surface area contributed by atoms with Crippen molar-refractivity contribution in [1.82, 2.24) is 4.98 Å². The zero-order valence-corrected chi connectivity index (χ0v) is 6.69. The topological polar surface area (TPSA) is 38.9 Å². The largest absolute Gasteiger partial charge is 0.398 e. The lowest BCUT2D eigenvalue weighted by atomic mass is 10.3. The van der Waals surface area contributed by atoms with E-state index in [0.717, 1.165) is 17.0 Å². The molecule has 1 aromatic rings. The molecule has 1 aromatic heterocycles. The van der Waals surface area contributed by atoms with Gasteiger partial charge in [0.05, 0.1) is 0 Å². The molecule has 1 heterocycles. The van der Waals surface area contributed by atoms with E-state index in [1.54, 1.807) is 18.0 Å². The van der Waals surface area contributed by atoms with Crippen molar-refractivity contribution in [3.05, 3.63) is 24.0 Å². The van der Waals surface area contributed by atoms with E-state index in [2.05, 4.69) is 4.98 Å². The minimum Gasteiger partial charge on any atom is -0.398 e. The first-order valence-electron chi connectivity index (χ1n) is 3.02. The Kier molecular flexibility index (Phi) is 2.57. The maximum atomic E-state index is 5.65. The Morgan fingerprint density at radius 1 is 1.70 bits per heavy atom. The average Bonchev–Trinajstić information content (AvgIpc) is 1.94. The molecule has 0 fully saturated rings. The normalized spacial score (nSPS) is 9.70. The van der Waals surface area contributed by atoms with Gasteiger partial charge in [-0.15, -0.1) is 0 Å². The third-order valence-electron chi connectivity index (χ3n) is 1.24. The Balaban J connectivity index is 2.81. The standard InChI is InChI=1S/C7H10N2S/c1-10-5-6-4-9-3-2-7(6)8/h2-4H,5H2,1H3,(H2,8,9). The zero-order valence-electron chi connectivity index (χ0n) is 5.87. The zero-order chi connectivity index (χ0) is 7.40. The van der Waals surface area contributed by atoms with Gasteiger partial charge in [0.1, 0.15) is 0 Å². The van der Waals surface area contributed by atoms with E-state index in [0.29, 0.717) is 0 Å². The highest BCUT2D eigenvalue weighted by molar-refractivity contribution is 7.97. The molecule has 0 atom stereocenters. The van der Waals surface area contributed by atoms with Gasteiger partial charge in [-0.05, 0) is 12.3 Å². The van der Waals surface area contributed by atoms with Crippen molar-refractivity contribution in [2.75, 3.05) is 12.0 Å². The Labute approximate surface area is 64.8 Å². The van der Waals surface area contributed by atoms with Crippen LogP contribution in [0.2, 0.25) is 0 Å². The third-order valence-corrected chi connectivity index (χ3v) is 1.84. The fraction of sp³-hybridized carbons (Fsp3) is 0.286. The molecule has 0 aliphatic carbocycles. The summed E-state index contributed by atoms with van der Waals surface area (Å²) in [6.45, 7) is 0. The van der Waals surface area contributed by atoms with Gasteiger partial charge in [0.25, 0.3) is 0 Å². The second-order valence-electron chi connectivity index (χ2n) is 2.01. The molecule has 0 saturated carbocycles. The van der Waals surface area contributed by atoms with Crippen molar-refractivity contribution in [2.45, 2.75) is 5.75 Å². The Bertz CT molecular complexity index is 213. The van der Waals surface area contributed by atoms with E-state index in [-0.39, 0.29) is 0 Å². The monoisotopic (exact) mass is 154 g/mol. The quantitative estimate of drug-likeness (QED) is 0.702. The molecule has 0 aliphatic rings. The molecule has 1 rings (SSSR count). The molecule has 0 radical (unpaired) electrons. The summed E-state index contributed by atoms with van der Waals surface area (Å²) in [6.07, 6.45) is 5.57. The number of pyridine rings is 1. The summed E-state index contributed by atoms with van der Waals surface area (Å²) >= 11 is 1.75. The number of hydrogen-bond acceptors (Lipinski definition) is 3. The van der Waals surface area contributed by atoms with Gasteiger partial charge in [0, 0.05) is 29.4 Å². The summed E-state index contributed by atoms with van der Waals surface area (Å²) in [5.74, 6) is 0.944. The van der Waals surface area contributed by atoms with Crippen LogP contribution < -0.4 is 5.73 Å². The van der Waals surface area contributed by atoms with Gasteiger partial charge < -0.3 is 5.73 Å². The molecule has 0 amide bonds. The van der Waals surface area contributed by atoms with Crippen molar-refractivity contribution in [3.63, 3.8) is 0 Å². The lowest BCUT2D eigenvalue weighted by Gasteiger charge is -1.99. The van der Waals surface area contributed by atoms with Gasteiger partial charge in [-0.3, -0.25) is 4.98 Å². The van der Waals surface area contributed by atoms with Gasteiger partial charge in [0.15, 0.2) is 0 Å². The third kappa shape index (κ3) is 1.64.